The molecule has 1 unspecified atom stereocenters. The van der Waals surface area contributed by atoms with E-state index in [0.717, 1.165) is 12.8 Å². The van der Waals surface area contributed by atoms with Gasteiger partial charge in [-0.1, -0.05) is 0 Å². The lowest BCUT2D eigenvalue weighted by molar-refractivity contribution is -0.0299. The summed E-state index contributed by atoms with van der Waals surface area (Å²) in [6.45, 7) is 0.617. The fraction of sp³-hybridized carbons (Fsp3) is 1.00. The topological polar surface area (TPSA) is 46.2 Å². The molecule has 0 aliphatic heterocycles. The predicted molar refractivity (Wildman–Crippen MR) is 68.5 cm³/mol. The van der Waals surface area contributed by atoms with E-state index in [1.165, 1.54) is 12.8 Å². The van der Waals surface area contributed by atoms with Gasteiger partial charge in [0.25, 0.3) is 0 Å². The molecular formula is C12H24O5Si. The predicted octanol–water partition coefficient (Wildman–Crippen LogP) is 1.59. The summed E-state index contributed by atoms with van der Waals surface area (Å²) in [7, 11) is 2.33. The van der Waals surface area contributed by atoms with Crippen molar-refractivity contribution in [2.24, 2.45) is 0 Å². The van der Waals surface area contributed by atoms with E-state index in [2.05, 4.69) is 0 Å². The Balaban J connectivity index is 1.83. The van der Waals surface area contributed by atoms with Crippen molar-refractivity contribution in [3.63, 3.8) is 0 Å². The summed E-state index contributed by atoms with van der Waals surface area (Å²) in [5.74, 6) is 0. The molecule has 0 aromatic carbocycles. The Bertz CT molecular complexity index is 243. The third-order valence-corrected chi connectivity index (χ3v) is 6.18. The van der Waals surface area contributed by atoms with Gasteiger partial charge in [0, 0.05) is 27.4 Å². The summed E-state index contributed by atoms with van der Waals surface area (Å²) in [5.41, 5.74) is 0. The molecule has 0 radical (unpaired) electrons. The van der Waals surface area contributed by atoms with Crippen molar-refractivity contribution in [2.75, 3.05) is 27.9 Å². The fourth-order valence-corrected chi connectivity index (χ4v) is 3.65. The van der Waals surface area contributed by atoms with Crippen molar-refractivity contribution in [3.8, 4) is 0 Å². The number of ether oxygens (including phenoxy) is 2. The van der Waals surface area contributed by atoms with Crippen LogP contribution in [0, 0.1) is 0 Å². The zero-order chi connectivity index (χ0) is 13.0. The van der Waals surface area contributed by atoms with Crippen molar-refractivity contribution in [3.05, 3.63) is 0 Å². The van der Waals surface area contributed by atoms with E-state index in [4.69, 9.17) is 22.8 Å². The van der Waals surface area contributed by atoms with E-state index >= 15 is 0 Å². The average Bonchev–Trinajstić information content (AvgIpc) is 3.27. The van der Waals surface area contributed by atoms with Crippen LogP contribution in [0.15, 0.2) is 0 Å². The van der Waals surface area contributed by atoms with Gasteiger partial charge in [-0.05, 0) is 25.7 Å². The van der Waals surface area contributed by atoms with Gasteiger partial charge in [-0.2, -0.15) is 0 Å². The van der Waals surface area contributed by atoms with Crippen LogP contribution in [0.4, 0.5) is 0 Å². The molecule has 2 saturated carbocycles. The molecular weight excluding hydrogens is 252 g/mol. The smallest absolute Gasteiger partial charge is 0.377 e. The summed E-state index contributed by atoms with van der Waals surface area (Å²) < 4.78 is 28.1. The van der Waals surface area contributed by atoms with Crippen LogP contribution in [0.25, 0.3) is 0 Å². The maximum atomic E-state index is 5.97. The molecule has 2 fully saturated rings. The Morgan fingerprint density at radius 2 is 1.50 bits per heavy atom. The van der Waals surface area contributed by atoms with Crippen molar-refractivity contribution < 1.29 is 22.8 Å². The van der Waals surface area contributed by atoms with E-state index in [0.29, 0.717) is 24.9 Å². The lowest BCUT2D eigenvalue weighted by Gasteiger charge is -2.28. The summed E-state index contributed by atoms with van der Waals surface area (Å²) in [4.78, 5) is 0. The lowest BCUT2D eigenvalue weighted by atomic mass is 10.4. The van der Waals surface area contributed by atoms with Crippen LogP contribution in [0.5, 0.6) is 0 Å². The summed E-state index contributed by atoms with van der Waals surface area (Å²) in [6, 6.07) is 0.653. The van der Waals surface area contributed by atoms with Crippen LogP contribution in [0.3, 0.4) is 0 Å². The Hall–Kier alpha value is 0.0169. The molecule has 0 spiro atoms. The second-order valence-electron chi connectivity index (χ2n) is 4.99. The minimum absolute atomic E-state index is 0.0182. The minimum atomic E-state index is -2.58. The van der Waals surface area contributed by atoms with Gasteiger partial charge in [-0.15, -0.1) is 0 Å². The first-order valence-electron chi connectivity index (χ1n) is 6.64. The van der Waals surface area contributed by atoms with E-state index in [1.807, 2.05) is 0 Å². The fourth-order valence-electron chi connectivity index (χ4n) is 1.88. The lowest BCUT2D eigenvalue weighted by Crippen LogP contribution is -2.47. The molecule has 6 heteroatoms. The molecule has 0 amide bonds. The normalized spacial score (nSPS) is 22.2. The van der Waals surface area contributed by atoms with Gasteiger partial charge >= 0.3 is 8.80 Å². The Morgan fingerprint density at radius 3 is 1.94 bits per heavy atom. The molecule has 0 heterocycles. The van der Waals surface area contributed by atoms with E-state index in [-0.39, 0.29) is 6.10 Å². The van der Waals surface area contributed by atoms with Gasteiger partial charge in [-0.3, -0.25) is 0 Å². The Kier molecular flexibility index (Phi) is 5.17. The highest BCUT2D eigenvalue weighted by Gasteiger charge is 2.43. The molecule has 2 aliphatic carbocycles. The monoisotopic (exact) mass is 276 g/mol. The van der Waals surface area contributed by atoms with Gasteiger partial charge in [0.05, 0.1) is 24.9 Å². The van der Waals surface area contributed by atoms with Gasteiger partial charge < -0.3 is 22.8 Å². The molecule has 0 saturated heterocycles. The molecule has 5 nitrogen and oxygen atoms in total. The molecule has 0 aromatic heterocycles. The molecule has 1 atom stereocenters. The Morgan fingerprint density at radius 1 is 0.944 bits per heavy atom. The molecule has 18 heavy (non-hydrogen) atoms. The van der Waals surface area contributed by atoms with Crippen molar-refractivity contribution in [1.82, 2.24) is 0 Å². The highest BCUT2D eigenvalue weighted by Crippen LogP contribution is 2.30. The molecule has 0 aromatic rings. The molecule has 2 rings (SSSR count). The van der Waals surface area contributed by atoms with Gasteiger partial charge in [0.1, 0.15) is 0 Å². The second-order valence-corrected chi connectivity index (χ2v) is 7.99. The van der Waals surface area contributed by atoms with Crippen LogP contribution in [-0.2, 0) is 22.8 Å². The summed E-state index contributed by atoms with van der Waals surface area (Å²) >= 11 is 0. The average molecular weight is 276 g/mol. The standard InChI is InChI=1S/C12H24O5Si/c1-13-18(14-2,15-3)9-12(17-11-6-7-11)8-16-10-4-5-10/h10-12H,4-9H2,1-3H3. The third-order valence-electron chi connectivity index (χ3n) is 3.36. The molecule has 106 valence electrons. The Labute approximate surface area is 110 Å². The highest BCUT2D eigenvalue weighted by molar-refractivity contribution is 6.60. The highest BCUT2D eigenvalue weighted by atomic mass is 28.4. The van der Waals surface area contributed by atoms with Crippen LogP contribution in [0.2, 0.25) is 6.04 Å². The molecule has 0 N–H and O–H groups in total. The van der Waals surface area contributed by atoms with Crippen LogP contribution >= 0.6 is 0 Å². The minimum Gasteiger partial charge on any atom is -0.377 e. The number of hydrogen-bond acceptors (Lipinski definition) is 5. The zero-order valence-corrected chi connectivity index (χ0v) is 12.5. The first kappa shape index (κ1) is 14.4. The van der Waals surface area contributed by atoms with Crippen molar-refractivity contribution in [2.45, 2.75) is 50.0 Å². The van der Waals surface area contributed by atoms with Crippen LogP contribution in [-0.4, -0.2) is 55.1 Å². The van der Waals surface area contributed by atoms with Gasteiger partial charge in [0.15, 0.2) is 0 Å². The largest absolute Gasteiger partial charge is 0.502 e. The van der Waals surface area contributed by atoms with Crippen LogP contribution in [0.1, 0.15) is 25.7 Å². The van der Waals surface area contributed by atoms with E-state index < -0.39 is 8.80 Å². The second kappa shape index (κ2) is 6.45. The first-order chi connectivity index (χ1) is 8.71. The maximum absolute atomic E-state index is 5.97. The van der Waals surface area contributed by atoms with Gasteiger partial charge in [-0.25, -0.2) is 0 Å². The van der Waals surface area contributed by atoms with E-state index in [1.54, 1.807) is 21.3 Å². The quantitative estimate of drug-likeness (QED) is 0.567. The molecule has 2 aliphatic rings. The summed E-state index contributed by atoms with van der Waals surface area (Å²) in [6.07, 6.45) is 5.52. The van der Waals surface area contributed by atoms with Crippen molar-refractivity contribution in [1.29, 1.82) is 0 Å². The zero-order valence-electron chi connectivity index (χ0n) is 11.5. The molecule has 0 bridgehead atoms. The van der Waals surface area contributed by atoms with Crippen molar-refractivity contribution >= 4 is 8.80 Å². The number of rotatable bonds is 10. The SMILES string of the molecule is CO[Si](CC(COC1CC1)OC1CC1)(OC)OC. The van der Waals surface area contributed by atoms with E-state index in [9.17, 15) is 0 Å². The van der Waals surface area contributed by atoms with Gasteiger partial charge in [0.2, 0.25) is 0 Å². The maximum Gasteiger partial charge on any atom is 0.502 e. The first-order valence-corrected chi connectivity index (χ1v) is 8.57. The summed E-state index contributed by atoms with van der Waals surface area (Å²) in [5, 5.41) is 0. The van der Waals surface area contributed by atoms with Crippen LogP contribution < -0.4 is 0 Å². The third kappa shape index (κ3) is 4.29. The number of hydrogen-bond donors (Lipinski definition) is 0.